The van der Waals surface area contributed by atoms with Gasteiger partial charge in [0.25, 0.3) is 0 Å². The highest BCUT2D eigenvalue weighted by Crippen LogP contribution is 2.03. The second-order valence-corrected chi connectivity index (χ2v) is 3.64. The zero-order chi connectivity index (χ0) is 12.5. The lowest BCUT2D eigenvalue weighted by atomic mass is 10.1. The first-order valence-corrected chi connectivity index (χ1v) is 5.59. The molecule has 0 aliphatic rings. The number of aliphatic hydroxyl groups is 1. The molecule has 0 atom stereocenters. The number of amides is 2. The molecule has 0 spiro atoms. The van der Waals surface area contributed by atoms with E-state index in [0.717, 1.165) is 5.56 Å². The molecule has 1 aromatic carbocycles. The number of carbonyl (C=O) groups is 1. The molecule has 4 nitrogen and oxygen atoms in total. The summed E-state index contributed by atoms with van der Waals surface area (Å²) in [6, 6.07) is 6.03. The second-order valence-electron chi connectivity index (χ2n) is 3.64. The van der Waals surface area contributed by atoms with Crippen molar-refractivity contribution >= 4 is 6.03 Å². The Labute approximate surface area is 99.8 Å². The summed E-state index contributed by atoms with van der Waals surface area (Å²) >= 11 is 0. The van der Waals surface area contributed by atoms with E-state index >= 15 is 0 Å². The van der Waals surface area contributed by atoms with Crippen LogP contribution >= 0.6 is 0 Å². The Kier molecular flexibility index (Phi) is 6.03. The van der Waals surface area contributed by atoms with Crippen molar-refractivity contribution in [3.05, 3.63) is 35.6 Å². The Hall–Kier alpha value is -1.62. The van der Waals surface area contributed by atoms with Gasteiger partial charge in [0.1, 0.15) is 5.82 Å². The molecule has 1 rings (SSSR count). The molecule has 1 aromatic rings. The van der Waals surface area contributed by atoms with Gasteiger partial charge in [0, 0.05) is 19.7 Å². The minimum atomic E-state index is -0.269. The number of hydrogen-bond acceptors (Lipinski definition) is 2. The first-order valence-electron chi connectivity index (χ1n) is 5.59. The number of aliphatic hydroxyl groups excluding tert-OH is 1. The van der Waals surface area contributed by atoms with Crippen molar-refractivity contribution in [1.29, 1.82) is 0 Å². The van der Waals surface area contributed by atoms with Gasteiger partial charge in [-0.2, -0.15) is 0 Å². The van der Waals surface area contributed by atoms with Gasteiger partial charge in [-0.1, -0.05) is 12.1 Å². The average Bonchev–Trinajstić information content (AvgIpc) is 2.29. The molecule has 0 fully saturated rings. The topological polar surface area (TPSA) is 61.4 Å². The third-order valence-electron chi connectivity index (χ3n) is 2.21. The van der Waals surface area contributed by atoms with Gasteiger partial charge < -0.3 is 15.7 Å². The van der Waals surface area contributed by atoms with Crippen molar-refractivity contribution in [2.24, 2.45) is 0 Å². The Balaban J connectivity index is 2.17. The maximum Gasteiger partial charge on any atom is 0.314 e. The molecule has 0 aromatic heterocycles. The maximum atomic E-state index is 12.8. The standard InChI is InChI=1S/C12H17FN2O2/c13-11-4-1-3-10(9-11)5-7-15-12(17)14-6-2-8-16/h1,3-4,9,16H,2,5-8H2,(H2,14,15,17). The van der Waals surface area contributed by atoms with E-state index in [0.29, 0.717) is 25.9 Å². The van der Waals surface area contributed by atoms with Gasteiger partial charge in [-0.15, -0.1) is 0 Å². The number of rotatable bonds is 6. The van der Waals surface area contributed by atoms with E-state index in [1.165, 1.54) is 12.1 Å². The van der Waals surface area contributed by atoms with Crippen LogP contribution in [-0.4, -0.2) is 30.8 Å². The predicted molar refractivity (Wildman–Crippen MR) is 63.2 cm³/mol. The predicted octanol–water partition coefficient (Wildman–Crippen LogP) is 1.05. The molecular weight excluding hydrogens is 223 g/mol. The van der Waals surface area contributed by atoms with Crippen LogP contribution in [0.25, 0.3) is 0 Å². The number of benzene rings is 1. The zero-order valence-corrected chi connectivity index (χ0v) is 9.58. The van der Waals surface area contributed by atoms with E-state index in [9.17, 15) is 9.18 Å². The highest BCUT2D eigenvalue weighted by Gasteiger charge is 1.99. The highest BCUT2D eigenvalue weighted by molar-refractivity contribution is 5.73. The van der Waals surface area contributed by atoms with E-state index in [-0.39, 0.29) is 18.5 Å². The van der Waals surface area contributed by atoms with Crippen molar-refractivity contribution in [3.63, 3.8) is 0 Å². The van der Waals surface area contributed by atoms with Gasteiger partial charge in [-0.25, -0.2) is 9.18 Å². The summed E-state index contributed by atoms with van der Waals surface area (Å²) in [4.78, 5) is 11.2. The summed E-state index contributed by atoms with van der Waals surface area (Å²) in [6.07, 6.45) is 1.13. The minimum Gasteiger partial charge on any atom is -0.396 e. The third kappa shape index (κ3) is 5.87. The lowest BCUT2D eigenvalue weighted by molar-refractivity contribution is 0.238. The van der Waals surface area contributed by atoms with E-state index in [4.69, 9.17) is 5.11 Å². The van der Waals surface area contributed by atoms with Crippen LogP contribution in [0.4, 0.5) is 9.18 Å². The molecule has 0 saturated heterocycles. The molecule has 2 amide bonds. The summed E-state index contributed by atoms with van der Waals surface area (Å²) in [5.74, 6) is -0.269. The second kappa shape index (κ2) is 7.62. The average molecular weight is 240 g/mol. The zero-order valence-electron chi connectivity index (χ0n) is 9.58. The van der Waals surface area contributed by atoms with Gasteiger partial charge in [-0.05, 0) is 30.5 Å². The first kappa shape index (κ1) is 13.4. The number of hydrogen-bond donors (Lipinski definition) is 3. The lowest BCUT2D eigenvalue weighted by Gasteiger charge is -2.06. The molecule has 0 bridgehead atoms. The van der Waals surface area contributed by atoms with Crippen LogP contribution in [0, 0.1) is 5.82 Å². The van der Waals surface area contributed by atoms with Crippen molar-refractivity contribution < 1.29 is 14.3 Å². The van der Waals surface area contributed by atoms with Crippen LogP contribution in [0.2, 0.25) is 0 Å². The van der Waals surface area contributed by atoms with Crippen LogP contribution < -0.4 is 10.6 Å². The van der Waals surface area contributed by atoms with Gasteiger partial charge in [-0.3, -0.25) is 0 Å². The molecule has 5 heteroatoms. The van der Waals surface area contributed by atoms with E-state index in [2.05, 4.69) is 10.6 Å². The molecule has 0 unspecified atom stereocenters. The summed E-state index contributed by atoms with van der Waals surface area (Å²) in [7, 11) is 0. The highest BCUT2D eigenvalue weighted by atomic mass is 19.1. The number of halogens is 1. The van der Waals surface area contributed by atoms with Crippen LogP contribution in [0.3, 0.4) is 0 Å². The first-order chi connectivity index (χ1) is 8.22. The van der Waals surface area contributed by atoms with Crippen LogP contribution in [0.1, 0.15) is 12.0 Å². The number of nitrogens with one attached hydrogen (secondary N) is 2. The normalized spacial score (nSPS) is 10.0. The Morgan fingerprint density at radius 3 is 2.76 bits per heavy atom. The molecule has 0 aliphatic carbocycles. The lowest BCUT2D eigenvalue weighted by Crippen LogP contribution is -2.37. The quantitative estimate of drug-likeness (QED) is 0.651. The number of carbonyl (C=O) groups excluding carboxylic acids is 1. The molecule has 0 radical (unpaired) electrons. The third-order valence-corrected chi connectivity index (χ3v) is 2.21. The molecule has 0 aliphatic heterocycles. The van der Waals surface area contributed by atoms with Gasteiger partial charge in [0.05, 0.1) is 0 Å². The molecule has 3 N–H and O–H groups in total. The van der Waals surface area contributed by atoms with E-state index < -0.39 is 0 Å². The Morgan fingerprint density at radius 1 is 1.29 bits per heavy atom. The van der Waals surface area contributed by atoms with Crippen LogP contribution in [0.15, 0.2) is 24.3 Å². The monoisotopic (exact) mass is 240 g/mol. The van der Waals surface area contributed by atoms with Crippen molar-refractivity contribution in [3.8, 4) is 0 Å². The van der Waals surface area contributed by atoms with Crippen molar-refractivity contribution in [1.82, 2.24) is 10.6 Å². The fraction of sp³-hybridized carbons (Fsp3) is 0.417. The van der Waals surface area contributed by atoms with Gasteiger partial charge in [0.2, 0.25) is 0 Å². The van der Waals surface area contributed by atoms with Gasteiger partial charge >= 0.3 is 6.03 Å². The SMILES string of the molecule is O=C(NCCCO)NCCc1cccc(F)c1. The van der Waals surface area contributed by atoms with E-state index in [1.807, 2.05) is 6.07 Å². The molecule has 94 valence electrons. The molecule has 0 saturated carbocycles. The van der Waals surface area contributed by atoms with Gasteiger partial charge in [0.15, 0.2) is 0 Å². The largest absolute Gasteiger partial charge is 0.396 e. The summed E-state index contributed by atoms with van der Waals surface area (Å²) < 4.78 is 12.8. The van der Waals surface area contributed by atoms with E-state index in [1.54, 1.807) is 6.07 Å². The van der Waals surface area contributed by atoms with Crippen molar-refractivity contribution in [2.45, 2.75) is 12.8 Å². The molecule has 0 heterocycles. The molecule has 17 heavy (non-hydrogen) atoms. The van der Waals surface area contributed by atoms with Crippen molar-refractivity contribution in [2.75, 3.05) is 19.7 Å². The number of urea groups is 1. The maximum absolute atomic E-state index is 12.8. The Bertz CT molecular complexity index is 358. The fourth-order valence-electron chi connectivity index (χ4n) is 1.36. The van der Waals surface area contributed by atoms with Crippen LogP contribution in [0.5, 0.6) is 0 Å². The molecular formula is C12H17FN2O2. The summed E-state index contributed by atoms with van der Waals surface area (Å²) in [6.45, 7) is 0.959. The Morgan fingerprint density at radius 2 is 2.06 bits per heavy atom. The summed E-state index contributed by atoms with van der Waals surface area (Å²) in [5.41, 5.74) is 0.848. The smallest absolute Gasteiger partial charge is 0.314 e. The summed E-state index contributed by atoms with van der Waals surface area (Å²) in [5, 5.41) is 13.8. The fourth-order valence-corrected chi connectivity index (χ4v) is 1.36. The minimum absolute atomic E-state index is 0.0591. The van der Waals surface area contributed by atoms with Crippen LogP contribution in [-0.2, 0) is 6.42 Å².